The highest BCUT2D eigenvalue weighted by Gasteiger charge is 2.32. The molecule has 0 amide bonds. The van der Waals surface area contributed by atoms with Gasteiger partial charge >= 0.3 is 17.9 Å². The summed E-state index contributed by atoms with van der Waals surface area (Å²) < 4.78 is 37.9. The van der Waals surface area contributed by atoms with Crippen LogP contribution in [0.1, 0.15) is 94.1 Å². The molecule has 2 fully saturated rings. The third-order valence-electron chi connectivity index (χ3n) is 11.3. The molecule has 11 nitrogen and oxygen atoms in total. The number of hydrogen-bond acceptors (Lipinski definition) is 10. The molecular weight excluding hydrogens is 788 g/mol. The van der Waals surface area contributed by atoms with Gasteiger partial charge in [0, 0.05) is 50.3 Å². The van der Waals surface area contributed by atoms with Gasteiger partial charge in [-0.1, -0.05) is 54.1 Å². The SMILES string of the molecule is COC(=O)c1c(C)n(C(C)C2CCS(=O)(=O)CC2)c2ccccc12.COC(=O)c1c(C)n(C(C)C2CCSCC2)c2ccccc12.O=C(OO)c1cccc(Cl)c1. The standard InChI is InChI=1S/C18H23NO4S.C18H23NO2S.C7H5ClO3/c1-12(14-8-10-24(21,22)11-9-14)19-13(2)17(18(20)23-3)15-6-4-5-7-16(15)19;1-12(14-8-10-22-11-9-14)19-13(2)17(18(20)21-3)15-6-4-5-7-16(15)19;8-6-3-1-2-5(4-6)7(9)11-10/h4-7,12,14H,8-11H2,1-3H3;4-7,12,14H,8-11H2,1-3H3;1-4,10H. The quantitative estimate of drug-likeness (QED) is 0.0729. The zero-order valence-electron chi connectivity index (χ0n) is 33.2. The fraction of sp³-hybridized carbons (Fsp3) is 0.419. The van der Waals surface area contributed by atoms with Crippen LogP contribution < -0.4 is 0 Å². The van der Waals surface area contributed by atoms with E-state index in [2.05, 4.69) is 33.9 Å². The first kappa shape index (κ1) is 43.8. The predicted octanol–water partition coefficient (Wildman–Crippen LogP) is 9.53. The van der Waals surface area contributed by atoms with Crippen LogP contribution in [0.15, 0.2) is 72.8 Å². The van der Waals surface area contributed by atoms with Crippen LogP contribution in [0.25, 0.3) is 21.8 Å². The van der Waals surface area contributed by atoms with Crippen molar-refractivity contribution in [1.82, 2.24) is 9.13 Å². The Bertz CT molecular complexity index is 2320. The molecule has 0 bridgehead atoms. The molecule has 2 aromatic heterocycles. The van der Waals surface area contributed by atoms with Gasteiger partial charge in [-0.2, -0.15) is 17.0 Å². The number of thioether (sulfide) groups is 1. The molecule has 14 heteroatoms. The number of carbonyl (C=O) groups excluding carboxylic acids is 3. The molecule has 0 saturated carbocycles. The van der Waals surface area contributed by atoms with Gasteiger partial charge in [-0.15, -0.1) is 0 Å². The van der Waals surface area contributed by atoms with Gasteiger partial charge < -0.3 is 18.6 Å². The Morgan fingerprint density at radius 1 is 0.719 bits per heavy atom. The molecule has 0 spiro atoms. The van der Waals surface area contributed by atoms with Crippen molar-refractivity contribution in [2.45, 2.75) is 65.5 Å². The first-order chi connectivity index (χ1) is 27.2. The van der Waals surface area contributed by atoms with Crippen molar-refractivity contribution in [3.8, 4) is 0 Å². The Balaban J connectivity index is 0.000000174. The number of carbonyl (C=O) groups is 3. The maximum atomic E-state index is 12.2. The van der Waals surface area contributed by atoms with Crippen LogP contribution >= 0.6 is 23.4 Å². The van der Waals surface area contributed by atoms with E-state index < -0.39 is 15.8 Å². The molecule has 7 rings (SSSR count). The van der Waals surface area contributed by atoms with E-state index in [4.69, 9.17) is 26.3 Å². The van der Waals surface area contributed by atoms with Crippen molar-refractivity contribution in [2.24, 2.45) is 11.8 Å². The second kappa shape index (κ2) is 19.4. The molecule has 2 aliphatic heterocycles. The number of hydrogen-bond donors (Lipinski definition) is 1. The summed E-state index contributed by atoms with van der Waals surface area (Å²) in [6, 6.07) is 22.6. The number of benzene rings is 3. The molecule has 0 aliphatic carbocycles. The van der Waals surface area contributed by atoms with Gasteiger partial charge in [-0.25, -0.2) is 22.8 Å². The van der Waals surface area contributed by atoms with Gasteiger partial charge in [0.25, 0.3) is 0 Å². The third kappa shape index (κ3) is 9.88. The minimum atomic E-state index is -2.88. The van der Waals surface area contributed by atoms with Crippen LogP contribution in [0.4, 0.5) is 0 Å². The number of esters is 2. The summed E-state index contributed by atoms with van der Waals surface area (Å²) in [6.07, 6.45) is 3.85. The average molecular weight is 839 g/mol. The smallest absolute Gasteiger partial charge is 0.372 e. The fourth-order valence-electron chi connectivity index (χ4n) is 8.23. The highest BCUT2D eigenvalue weighted by Crippen LogP contribution is 2.38. The molecule has 2 unspecified atom stereocenters. The lowest BCUT2D eigenvalue weighted by atomic mass is 9.94. The van der Waals surface area contributed by atoms with E-state index in [1.807, 2.05) is 68.1 Å². The maximum absolute atomic E-state index is 12.2. The lowest BCUT2D eigenvalue weighted by Gasteiger charge is -2.30. The first-order valence-electron chi connectivity index (χ1n) is 19.0. The van der Waals surface area contributed by atoms with Gasteiger partial charge in [-0.3, -0.25) is 4.89 Å². The first-order valence-corrected chi connectivity index (χ1v) is 22.3. The predicted molar refractivity (Wildman–Crippen MR) is 226 cm³/mol. The Morgan fingerprint density at radius 2 is 1.18 bits per heavy atom. The number of ether oxygens (including phenoxy) is 2. The van der Waals surface area contributed by atoms with Crippen LogP contribution in [0.2, 0.25) is 5.02 Å². The number of rotatable bonds is 7. The number of aromatic nitrogens is 2. The number of sulfone groups is 1. The van der Waals surface area contributed by atoms with E-state index in [9.17, 15) is 22.8 Å². The molecule has 4 heterocycles. The van der Waals surface area contributed by atoms with Crippen molar-refractivity contribution in [2.75, 3.05) is 37.2 Å². The Labute approximate surface area is 343 Å². The summed E-state index contributed by atoms with van der Waals surface area (Å²) >= 11 is 7.61. The number of fused-ring (bicyclic) bond motifs is 2. The van der Waals surface area contributed by atoms with E-state index in [1.165, 1.54) is 50.7 Å². The number of para-hydroxylation sites is 2. The summed E-state index contributed by atoms with van der Waals surface area (Å²) in [5, 5.41) is 10.3. The van der Waals surface area contributed by atoms with E-state index in [0.29, 0.717) is 35.4 Å². The summed E-state index contributed by atoms with van der Waals surface area (Å²) in [6.45, 7) is 8.38. The molecule has 2 aliphatic rings. The highest BCUT2D eigenvalue weighted by atomic mass is 35.5. The third-order valence-corrected chi connectivity index (χ3v) is 14.3. The largest absolute Gasteiger partial charge is 0.465 e. The van der Waals surface area contributed by atoms with Crippen LogP contribution in [0.5, 0.6) is 0 Å². The summed E-state index contributed by atoms with van der Waals surface area (Å²) in [7, 11) is -0.0333. The van der Waals surface area contributed by atoms with Crippen molar-refractivity contribution in [3.05, 3.63) is 106 Å². The molecule has 57 heavy (non-hydrogen) atoms. The lowest BCUT2D eigenvalue weighted by Crippen LogP contribution is -2.29. The Morgan fingerprint density at radius 3 is 1.61 bits per heavy atom. The molecular formula is C43H51ClN2O9S2. The van der Waals surface area contributed by atoms with Crippen molar-refractivity contribution in [1.29, 1.82) is 0 Å². The van der Waals surface area contributed by atoms with Crippen LogP contribution in [0, 0.1) is 25.7 Å². The normalized spacial score (nSPS) is 16.7. The van der Waals surface area contributed by atoms with Crippen molar-refractivity contribution >= 4 is 72.9 Å². The lowest BCUT2D eigenvalue weighted by molar-refractivity contribution is -0.182. The monoisotopic (exact) mass is 838 g/mol. The Kier molecular flexibility index (Phi) is 14.9. The topological polar surface area (TPSA) is 143 Å². The van der Waals surface area contributed by atoms with Gasteiger partial charge in [-0.05, 0) is 107 Å². The molecule has 2 atom stereocenters. The fourth-order valence-corrected chi connectivity index (χ4v) is 11.1. The summed E-state index contributed by atoms with van der Waals surface area (Å²) in [4.78, 5) is 38.6. The number of halogens is 1. The van der Waals surface area contributed by atoms with E-state index in [-0.39, 0.29) is 41.0 Å². The minimum absolute atomic E-state index is 0.129. The highest BCUT2D eigenvalue weighted by molar-refractivity contribution is 7.99. The summed E-state index contributed by atoms with van der Waals surface area (Å²) in [5.41, 5.74) is 5.59. The average Bonchev–Trinajstić information content (AvgIpc) is 3.69. The minimum Gasteiger partial charge on any atom is -0.465 e. The van der Waals surface area contributed by atoms with Crippen LogP contribution in [-0.4, -0.2) is 77.9 Å². The molecule has 5 aromatic rings. The number of methoxy groups -OCH3 is 2. The van der Waals surface area contributed by atoms with Crippen LogP contribution in [0.3, 0.4) is 0 Å². The molecule has 306 valence electrons. The molecule has 2 saturated heterocycles. The summed E-state index contributed by atoms with van der Waals surface area (Å²) in [5.74, 6) is 2.59. The zero-order valence-corrected chi connectivity index (χ0v) is 35.6. The van der Waals surface area contributed by atoms with Crippen LogP contribution in [-0.2, 0) is 24.2 Å². The van der Waals surface area contributed by atoms with E-state index >= 15 is 0 Å². The van der Waals surface area contributed by atoms with Gasteiger partial charge in [0.05, 0.1) is 42.4 Å². The van der Waals surface area contributed by atoms with E-state index in [0.717, 1.165) is 38.8 Å². The van der Waals surface area contributed by atoms with Crippen molar-refractivity contribution < 1.29 is 42.4 Å². The van der Waals surface area contributed by atoms with Gasteiger partial charge in [0.2, 0.25) is 0 Å². The number of nitrogens with zero attached hydrogens (tertiary/aromatic N) is 2. The second-order valence-electron chi connectivity index (χ2n) is 14.5. The van der Waals surface area contributed by atoms with Gasteiger partial charge in [0.1, 0.15) is 9.84 Å². The maximum Gasteiger partial charge on any atom is 0.372 e. The van der Waals surface area contributed by atoms with Gasteiger partial charge in [0.15, 0.2) is 0 Å². The Hall–Kier alpha value is -4.30. The van der Waals surface area contributed by atoms with E-state index in [1.54, 1.807) is 12.1 Å². The second-order valence-corrected chi connectivity index (χ2v) is 18.5. The molecule has 0 radical (unpaired) electrons. The molecule has 3 aromatic carbocycles. The van der Waals surface area contributed by atoms with Crippen molar-refractivity contribution in [3.63, 3.8) is 0 Å². The molecule has 1 N–H and O–H groups in total. The zero-order chi connectivity index (χ0) is 41.4.